The van der Waals surface area contributed by atoms with Crippen molar-refractivity contribution in [1.82, 2.24) is 36.4 Å². The molecule has 7 N–H and O–H groups in total. The number of likely N-dealkylation sites (N-methyl/N-ethyl adjacent to an activating group) is 2. The number of likely N-dealkylation sites (tertiary alicyclic amines) is 1. The number of hydrogen-bond acceptors (Lipinski definition) is 8. The van der Waals surface area contributed by atoms with Crippen molar-refractivity contribution in [2.24, 2.45) is 16.6 Å². The van der Waals surface area contributed by atoms with Crippen molar-refractivity contribution in [3.8, 4) is 0 Å². The summed E-state index contributed by atoms with van der Waals surface area (Å²) in [5.41, 5.74) is 9.44. The lowest BCUT2D eigenvalue weighted by Crippen LogP contribution is -2.60. The third kappa shape index (κ3) is 10.0. The molecule has 2 aliphatic heterocycles. The molecule has 310 valence electrons. The number of aryl methyl sites for hydroxylation is 1. The molecule has 1 aliphatic carbocycles. The molecule has 57 heavy (non-hydrogen) atoms. The molecule has 0 spiro atoms. The number of carbonyl (C=O) groups is 6. The SMILES string of the molecule is CNCC(=O)NC(C(=O)N1Cc2cc(C3C[C@@H](C(=O)NC4CCCc5ccccc54)N(C(=O)[C@@H](NC(=O)CNC)C(C)(C)C)C3)ccc2CC1C(N)=O)C(C)(C)C. The number of fused-ring (bicyclic) bond motifs is 2. The normalized spacial score (nSPS) is 21.8. The first kappa shape index (κ1) is 43.3. The fourth-order valence-electron chi connectivity index (χ4n) is 8.46. The summed E-state index contributed by atoms with van der Waals surface area (Å²) in [5.74, 6) is -2.52. The van der Waals surface area contributed by atoms with Crippen molar-refractivity contribution < 1.29 is 28.8 Å². The smallest absolute Gasteiger partial charge is 0.246 e. The van der Waals surface area contributed by atoms with Crippen molar-refractivity contribution in [3.05, 3.63) is 70.3 Å². The number of hydrogen-bond donors (Lipinski definition) is 6. The summed E-state index contributed by atoms with van der Waals surface area (Å²) in [6, 6.07) is 10.3. The van der Waals surface area contributed by atoms with Gasteiger partial charge in [-0.2, -0.15) is 0 Å². The highest BCUT2D eigenvalue weighted by Gasteiger charge is 2.46. The van der Waals surface area contributed by atoms with E-state index in [1.165, 1.54) is 10.5 Å². The Morgan fingerprint density at radius 3 is 1.95 bits per heavy atom. The van der Waals surface area contributed by atoms with Crippen LogP contribution < -0.4 is 32.3 Å². The van der Waals surface area contributed by atoms with Crippen LogP contribution in [0.15, 0.2) is 42.5 Å². The lowest BCUT2D eigenvalue weighted by atomic mass is 9.83. The molecule has 2 heterocycles. The van der Waals surface area contributed by atoms with Gasteiger partial charge in [-0.15, -0.1) is 0 Å². The topological polar surface area (TPSA) is 195 Å². The molecule has 6 atom stereocenters. The summed E-state index contributed by atoms with van der Waals surface area (Å²) in [4.78, 5) is 84.7. The number of benzene rings is 2. The zero-order valence-corrected chi connectivity index (χ0v) is 34.8. The first-order chi connectivity index (χ1) is 26.8. The molecule has 2 aromatic rings. The summed E-state index contributed by atoms with van der Waals surface area (Å²) < 4.78 is 0. The van der Waals surface area contributed by atoms with Gasteiger partial charge in [0.15, 0.2) is 0 Å². The number of primary amides is 1. The van der Waals surface area contributed by atoms with Crippen molar-refractivity contribution in [3.63, 3.8) is 0 Å². The number of nitrogens with one attached hydrogen (secondary N) is 5. The average molecular weight is 787 g/mol. The Morgan fingerprint density at radius 1 is 0.772 bits per heavy atom. The standard InChI is InChI=1S/C43H62N8O6/c1-42(2,3)36(48-34(52)21-45-7)40(56)50-23-28-18-26(16-17-27(28)19-32(50)38(44)54)29-20-33(39(55)47-31-15-11-13-25-12-9-10-14-30(25)31)51(24-29)41(57)37(43(4,5)6)49-35(53)22-46-8/h9-10,12,14,16-18,29,31-33,36-37,45-46H,11,13,15,19-24H2,1-8H3,(H2,44,54)(H,47,55)(H,48,52)(H,49,53)/t29?,31?,32?,33-,36?,37+/m0/s1. The fraction of sp³-hybridized carbons (Fsp3) is 0.581. The predicted octanol–water partition coefficient (Wildman–Crippen LogP) is 1.80. The second-order valence-corrected chi connectivity index (χ2v) is 18.0. The predicted molar refractivity (Wildman–Crippen MR) is 217 cm³/mol. The molecule has 4 unspecified atom stereocenters. The maximum atomic E-state index is 14.6. The van der Waals surface area contributed by atoms with E-state index in [2.05, 4.69) is 38.7 Å². The van der Waals surface area contributed by atoms with Gasteiger partial charge in [0.2, 0.25) is 35.4 Å². The number of nitrogens with zero attached hydrogens (tertiary/aromatic N) is 2. The van der Waals surface area contributed by atoms with Crippen LogP contribution in [0.2, 0.25) is 0 Å². The van der Waals surface area contributed by atoms with Gasteiger partial charge in [-0.05, 0) is 78.4 Å². The van der Waals surface area contributed by atoms with Crippen LogP contribution in [0, 0.1) is 10.8 Å². The van der Waals surface area contributed by atoms with E-state index in [4.69, 9.17) is 5.73 Å². The molecule has 14 heteroatoms. The van der Waals surface area contributed by atoms with Gasteiger partial charge in [0.25, 0.3) is 0 Å². The average Bonchev–Trinajstić information content (AvgIpc) is 3.60. The Kier molecular flexibility index (Phi) is 13.5. The maximum absolute atomic E-state index is 14.6. The molecule has 0 saturated carbocycles. The molecule has 0 radical (unpaired) electrons. The van der Waals surface area contributed by atoms with Crippen molar-refractivity contribution in [2.75, 3.05) is 33.7 Å². The zero-order valence-electron chi connectivity index (χ0n) is 34.8. The van der Waals surface area contributed by atoms with Crippen LogP contribution in [0.3, 0.4) is 0 Å². The first-order valence-corrected chi connectivity index (χ1v) is 20.1. The van der Waals surface area contributed by atoms with Crippen molar-refractivity contribution >= 4 is 35.4 Å². The Labute approximate surface area is 336 Å². The monoisotopic (exact) mass is 786 g/mol. The van der Waals surface area contributed by atoms with Crippen LogP contribution in [0.1, 0.15) is 101 Å². The molecule has 5 rings (SSSR count). The van der Waals surface area contributed by atoms with Crippen LogP contribution in [0.5, 0.6) is 0 Å². The minimum atomic E-state index is -0.918. The highest BCUT2D eigenvalue weighted by molar-refractivity contribution is 5.94. The van der Waals surface area contributed by atoms with Gasteiger partial charge >= 0.3 is 0 Å². The molecule has 6 amide bonds. The van der Waals surface area contributed by atoms with Gasteiger partial charge in [-0.3, -0.25) is 28.8 Å². The zero-order chi connectivity index (χ0) is 41.8. The van der Waals surface area contributed by atoms with Gasteiger partial charge in [0.1, 0.15) is 24.2 Å². The number of amides is 6. The lowest BCUT2D eigenvalue weighted by Gasteiger charge is -2.40. The van der Waals surface area contributed by atoms with Crippen LogP contribution in [0.25, 0.3) is 0 Å². The summed E-state index contributed by atoms with van der Waals surface area (Å²) >= 11 is 0. The Morgan fingerprint density at radius 2 is 1.37 bits per heavy atom. The molecule has 3 aliphatic rings. The lowest BCUT2D eigenvalue weighted by molar-refractivity contribution is -0.146. The Bertz CT molecular complexity index is 1850. The van der Waals surface area contributed by atoms with E-state index in [0.717, 1.165) is 41.5 Å². The molecule has 2 aromatic carbocycles. The third-order valence-corrected chi connectivity index (χ3v) is 11.5. The van der Waals surface area contributed by atoms with E-state index in [9.17, 15) is 28.8 Å². The van der Waals surface area contributed by atoms with E-state index in [1.807, 2.05) is 71.9 Å². The first-order valence-electron chi connectivity index (χ1n) is 20.1. The van der Waals surface area contributed by atoms with Crippen LogP contribution >= 0.6 is 0 Å². The van der Waals surface area contributed by atoms with Crippen LogP contribution in [0.4, 0.5) is 0 Å². The fourth-order valence-corrected chi connectivity index (χ4v) is 8.46. The number of nitrogens with two attached hydrogens (primary N) is 1. The largest absolute Gasteiger partial charge is 0.368 e. The molecule has 1 fully saturated rings. The van der Waals surface area contributed by atoms with E-state index in [1.54, 1.807) is 19.0 Å². The van der Waals surface area contributed by atoms with Crippen molar-refractivity contribution in [1.29, 1.82) is 0 Å². The molecular formula is C43H62N8O6. The maximum Gasteiger partial charge on any atom is 0.246 e. The van der Waals surface area contributed by atoms with Gasteiger partial charge in [0, 0.05) is 25.4 Å². The molecule has 0 aromatic heterocycles. The summed E-state index contributed by atoms with van der Waals surface area (Å²) in [6.45, 7) is 11.6. The summed E-state index contributed by atoms with van der Waals surface area (Å²) in [7, 11) is 3.31. The van der Waals surface area contributed by atoms with Gasteiger partial charge < -0.3 is 42.1 Å². The van der Waals surface area contributed by atoms with E-state index in [-0.39, 0.29) is 68.2 Å². The quantitative estimate of drug-likeness (QED) is 0.188. The van der Waals surface area contributed by atoms with Gasteiger partial charge in [-0.1, -0.05) is 84.0 Å². The second kappa shape index (κ2) is 17.8. The molecule has 0 bridgehead atoms. The molecule has 1 saturated heterocycles. The van der Waals surface area contributed by atoms with Crippen molar-refractivity contribution in [2.45, 2.75) is 116 Å². The minimum absolute atomic E-state index is 0.0258. The number of carbonyl (C=O) groups excluding carboxylic acids is 6. The second-order valence-electron chi connectivity index (χ2n) is 18.0. The Hall–Kier alpha value is -4.82. The van der Waals surface area contributed by atoms with Crippen LogP contribution in [-0.4, -0.2) is 103 Å². The Balaban J connectivity index is 1.47. The van der Waals surface area contributed by atoms with Crippen LogP contribution in [-0.2, 0) is 48.2 Å². The van der Waals surface area contributed by atoms with E-state index in [0.29, 0.717) is 6.42 Å². The summed E-state index contributed by atoms with van der Waals surface area (Å²) in [6.07, 6.45) is 3.23. The van der Waals surface area contributed by atoms with E-state index < -0.39 is 46.8 Å². The molecule has 14 nitrogen and oxygen atoms in total. The van der Waals surface area contributed by atoms with E-state index >= 15 is 0 Å². The minimum Gasteiger partial charge on any atom is -0.368 e. The number of rotatable bonds is 12. The highest BCUT2D eigenvalue weighted by Crippen LogP contribution is 2.38. The molecular weight excluding hydrogens is 725 g/mol. The van der Waals surface area contributed by atoms with Gasteiger partial charge in [0.05, 0.1) is 19.1 Å². The summed E-state index contributed by atoms with van der Waals surface area (Å²) in [5, 5.41) is 14.7. The van der Waals surface area contributed by atoms with Gasteiger partial charge in [-0.25, -0.2) is 0 Å². The highest BCUT2D eigenvalue weighted by atomic mass is 16.2. The third-order valence-electron chi connectivity index (χ3n) is 11.5.